The third-order valence-electron chi connectivity index (χ3n) is 4.10. The zero-order chi connectivity index (χ0) is 12.3. The minimum Gasteiger partial charge on any atom is -0.481 e. The van der Waals surface area contributed by atoms with Crippen molar-refractivity contribution >= 4 is 11.9 Å². The Labute approximate surface area is 102 Å². The van der Waals surface area contributed by atoms with Crippen LogP contribution in [-0.2, 0) is 9.59 Å². The zero-order valence-electron chi connectivity index (χ0n) is 10.2. The first kappa shape index (κ1) is 12.4. The summed E-state index contributed by atoms with van der Waals surface area (Å²) in [6.45, 7) is 1.17. The van der Waals surface area contributed by atoms with Gasteiger partial charge in [-0.3, -0.25) is 9.59 Å². The third kappa shape index (κ3) is 3.20. The van der Waals surface area contributed by atoms with Crippen LogP contribution in [0, 0.1) is 11.8 Å². The fourth-order valence-corrected chi connectivity index (χ4v) is 2.97. The molecule has 17 heavy (non-hydrogen) atoms. The molecule has 2 fully saturated rings. The molecule has 1 aliphatic heterocycles. The van der Waals surface area contributed by atoms with Gasteiger partial charge in [-0.1, -0.05) is 32.1 Å². The summed E-state index contributed by atoms with van der Waals surface area (Å²) in [5.41, 5.74) is 0. The number of carboxylic acid groups (broad SMARTS) is 1. The molecular formula is C13H21NO3. The molecule has 0 bridgehead atoms. The molecule has 1 N–H and O–H groups in total. The van der Waals surface area contributed by atoms with E-state index in [1.165, 1.54) is 32.1 Å². The predicted octanol–water partition coefficient (Wildman–Crippen LogP) is 1.89. The van der Waals surface area contributed by atoms with Gasteiger partial charge in [0.1, 0.15) is 0 Å². The minimum atomic E-state index is -0.835. The Morgan fingerprint density at radius 2 is 2.00 bits per heavy atom. The Morgan fingerprint density at radius 1 is 1.29 bits per heavy atom. The fourth-order valence-electron chi connectivity index (χ4n) is 2.97. The Morgan fingerprint density at radius 3 is 2.59 bits per heavy atom. The SMILES string of the molecule is O=C(O)C1CC(=O)N(CCC2CCCCC2)C1. The highest BCUT2D eigenvalue weighted by Crippen LogP contribution is 2.27. The monoisotopic (exact) mass is 239 g/mol. The number of hydrogen-bond donors (Lipinski definition) is 1. The number of hydrogen-bond acceptors (Lipinski definition) is 2. The number of likely N-dealkylation sites (tertiary alicyclic amines) is 1. The maximum atomic E-state index is 11.6. The number of nitrogens with zero attached hydrogens (tertiary/aromatic N) is 1. The van der Waals surface area contributed by atoms with Crippen molar-refractivity contribution in [2.75, 3.05) is 13.1 Å². The van der Waals surface area contributed by atoms with E-state index in [1.54, 1.807) is 4.90 Å². The Hall–Kier alpha value is -1.06. The van der Waals surface area contributed by atoms with Crippen molar-refractivity contribution in [2.24, 2.45) is 11.8 Å². The van der Waals surface area contributed by atoms with Crippen molar-refractivity contribution in [3.8, 4) is 0 Å². The molecule has 1 amide bonds. The maximum Gasteiger partial charge on any atom is 0.308 e. The van der Waals surface area contributed by atoms with Crippen LogP contribution >= 0.6 is 0 Å². The van der Waals surface area contributed by atoms with E-state index < -0.39 is 11.9 Å². The van der Waals surface area contributed by atoms with Crippen LogP contribution in [0.2, 0.25) is 0 Å². The largest absolute Gasteiger partial charge is 0.481 e. The highest BCUT2D eigenvalue weighted by molar-refractivity contribution is 5.86. The molecule has 4 heteroatoms. The molecule has 1 aliphatic carbocycles. The third-order valence-corrected chi connectivity index (χ3v) is 4.10. The summed E-state index contributed by atoms with van der Waals surface area (Å²) in [6, 6.07) is 0. The highest BCUT2D eigenvalue weighted by Gasteiger charge is 2.34. The van der Waals surface area contributed by atoms with Crippen LogP contribution < -0.4 is 0 Å². The standard InChI is InChI=1S/C13H21NO3/c15-12-8-11(13(16)17)9-14(12)7-6-10-4-2-1-3-5-10/h10-11H,1-9H2,(H,16,17). The number of rotatable bonds is 4. The van der Waals surface area contributed by atoms with Gasteiger partial charge in [0, 0.05) is 19.5 Å². The van der Waals surface area contributed by atoms with Crippen LogP contribution in [0.4, 0.5) is 0 Å². The number of carboxylic acids is 1. The molecule has 96 valence electrons. The molecule has 0 aromatic rings. The lowest BCUT2D eigenvalue weighted by Gasteiger charge is -2.24. The first-order valence-electron chi connectivity index (χ1n) is 6.67. The zero-order valence-corrected chi connectivity index (χ0v) is 10.2. The Bertz CT molecular complexity index is 297. The number of amides is 1. The van der Waals surface area contributed by atoms with Crippen LogP contribution in [0.5, 0.6) is 0 Å². The molecule has 0 radical (unpaired) electrons. The number of aliphatic carboxylic acids is 1. The van der Waals surface area contributed by atoms with Gasteiger partial charge in [-0.15, -0.1) is 0 Å². The van der Waals surface area contributed by atoms with Gasteiger partial charge in [-0.05, 0) is 12.3 Å². The van der Waals surface area contributed by atoms with E-state index in [0.29, 0.717) is 6.54 Å². The molecule has 1 saturated heterocycles. The van der Waals surface area contributed by atoms with Crippen molar-refractivity contribution in [3.63, 3.8) is 0 Å². The van der Waals surface area contributed by atoms with Gasteiger partial charge in [0.2, 0.25) is 5.91 Å². The van der Waals surface area contributed by atoms with Crippen molar-refractivity contribution < 1.29 is 14.7 Å². The number of carbonyl (C=O) groups is 2. The van der Waals surface area contributed by atoms with Gasteiger partial charge >= 0.3 is 5.97 Å². The molecule has 4 nitrogen and oxygen atoms in total. The van der Waals surface area contributed by atoms with Gasteiger partial charge in [-0.2, -0.15) is 0 Å². The second kappa shape index (κ2) is 5.52. The van der Waals surface area contributed by atoms with Gasteiger partial charge < -0.3 is 10.0 Å². The van der Waals surface area contributed by atoms with Crippen LogP contribution in [0.25, 0.3) is 0 Å². The second-order valence-corrected chi connectivity index (χ2v) is 5.37. The normalized spacial score (nSPS) is 26.5. The summed E-state index contributed by atoms with van der Waals surface area (Å²) in [5.74, 6) is -0.541. The summed E-state index contributed by atoms with van der Waals surface area (Å²) >= 11 is 0. The smallest absolute Gasteiger partial charge is 0.308 e. The summed E-state index contributed by atoms with van der Waals surface area (Å²) in [7, 11) is 0. The van der Waals surface area contributed by atoms with Gasteiger partial charge in [0.15, 0.2) is 0 Å². The quantitative estimate of drug-likeness (QED) is 0.815. The molecule has 0 aromatic carbocycles. The first-order valence-corrected chi connectivity index (χ1v) is 6.67. The molecule has 1 unspecified atom stereocenters. The predicted molar refractivity (Wildman–Crippen MR) is 63.5 cm³/mol. The van der Waals surface area contributed by atoms with Crippen molar-refractivity contribution in [3.05, 3.63) is 0 Å². The number of carbonyl (C=O) groups excluding carboxylic acids is 1. The first-order chi connectivity index (χ1) is 8.16. The second-order valence-electron chi connectivity index (χ2n) is 5.37. The highest BCUT2D eigenvalue weighted by atomic mass is 16.4. The Kier molecular flexibility index (Phi) is 4.02. The van der Waals surface area contributed by atoms with E-state index in [-0.39, 0.29) is 12.3 Å². The van der Waals surface area contributed by atoms with E-state index >= 15 is 0 Å². The summed E-state index contributed by atoms with van der Waals surface area (Å²) in [6.07, 6.45) is 7.79. The van der Waals surface area contributed by atoms with E-state index in [9.17, 15) is 9.59 Å². The minimum absolute atomic E-state index is 0.0215. The van der Waals surface area contributed by atoms with E-state index in [0.717, 1.165) is 18.9 Å². The fraction of sp³-hybridized carbons (Fsp3) is 0.846. The average Bonchev–Trinajstić information content (AvgIpc) is 2.70. The summed E-state index contributed by atoms with van der Waals surface area (Å²) in [4.78, 5) is 24.2. The van der Waals surface area contributed by atoms with E-state index in [4.69, 9.17) is 5.11 Å². The summed E-state index contributed by atoms with van der Waals surface area (Å²) < 4.78 is 0. The molecular weight excluding hydrogens is 218 g/mol. The average molecular weight is 239 g/mol. The maximum absolute atomic E-state index is 11.6. The van der Waals surface area contributed by atoms with Crippen LogP contribution in [0.15, 0.2) is 0 Å². The van der Waals surface area contributed by atoms with Gasteiger partial charge in [-0.25, -0.2) is 0 Å². The molecule has 1 saturated carbocycles. The van der Waals surface area contributed by atoms with E-state index in [1.807, 2.05) is 0 Å². The van der Waals surface area contributed by atoms with E-state index in [2.05, 4.69) is 0 Å². The van der Waals surface area contributed by atoms with Crippen molar-refractivity contribution in [1.29, 1.82) is 0 Å². The Balaban J connectivity index is 1.75. The molecule has 2 aliphatic rings. The van der Waals surface area contributed by atoms with Gasteiger partial charge in [0.05, 0.1) is 5.92 Å². The van der Waals surface area contributed by atoms with Crippen LogP contribution in [0.3, 0.4) is 0 Å². The van der Waals surface area contributed by atoms with Gasteiger partial charge in [0.25, 0.3) is 0 Å². The lowest BCUT2D eigenvalue weighted by molar-refractivity contribution is -0.141. The van der Waals surface area contributed by atoms with Crippen molar-refractivity contribution in [1.82, 2.24) is 4.90 Å². The molecule has 2 rings (SSSR count). The van der Waals surface area contributed by atoms with Crippen LogP contribution in [-0.4, -0.2) is 35.0 Å². The topological polar surface area (TPSA) is 57.6 Å². The molecule has 0 spiro atoms. The molecule has 0 aromatic heterocycles. The molecule has 1 atom stereocenters. The van der Waals surface area contributed by atoms with Crippen LogP contribution in [0.1, 0.15) is 44.9 Å². The molecule has 1 heterocycles. The summed E-state index contributed by atoms with van der Waals surface area (Å²) in [5, 5.41) is 8.89. The van der Waals surface area contributed by atoms with Crippen molar-refractivity contribution in [2.45, 2.75) is 44.9 Å². The lowest BCUT2D eigenvalue weighted by atomic mass is 9.87. The lowest BCUT2D eigenvalue weighted by Crippen LogP contribution is -2.29.